The number of hydrazone groups is 1. The first-order chi connectivity index (χ1) is 11.8. The van der Waals surface area contributed by atoms with Crippen LogP contribution in [-0.4, -0.2) is 25.9 Å². The van der Waals surface area contributed by atoms with Crippen molar-refractivity contribution in [3.63, 3.8) is 0 Å². The van der Waals surface area contributed by atoms with Gasteiger partial charge in [-0.1, -0.05) is 18.2 Å². The lowest BCUT2D eigenvalue weighted by Gasteiger charge is -1.98. The fraction of sp³-hybridized carbons (Fsp3) is 0.0588. The molecule has 2 N–H and O–H groups in total. The number of aromatic nitrogens is 4. The second-order valence-corrected chi connectivity index (χ2v) is 5.22. The Morgan fingerprint density at radius 2 is 2.12 bits per heavy atom. The topological polar surface area (TPSA) is 92.0 Å². The molecule has 0 spiro atoms. The number of hydrogen-bond donors (Lipinski definition) is 2. The third-order valence-corrected chi connectivity index (χ3v) is 3.49. The number of allylic oxidation sites excluding steroid dienone is 1. The Labute approximate surface area is 137 Å². The lowest BCUT2D eigenvalue weighted by Crippen LogP contribution is -2.00. The molecule has 0 saturated carbocycles. The summed E-state index contributed by atoms with van der Waals surface area (Å²) in [5, 5.41) is 13.5. The van der Waals surface area contributed by atoms with E-state index in [0.29, 0.717) is 11.6 Å². The SMILES string of the molecule is CC(C=Cc1ccco1)=NNc1nnc2c(n1)[nH]c1ccccc12. The monoisotopic (exact) mass is 318 g/mol. The van der Waals surface area contributed by atoms with Crippen molar-refractivity contribution in [3.8, 4) is 0 Å². The van der Waals surface area contributed by atoms with E-state index in [1.165, 1.54) is 0 Å². The largest absolute Gasteiger partial charge is 0.465 e. The van der Waals surface area contributed by atoms with Crippen LogP contribution < -0.4 is 5.43 Å². The molecular weight excluding hydrogens is 304 g/mol. The molecule has 3 heterocycles. The molecule has 0 bridgehead atoms. The second-order valence-electron chi connectivity index (χ2n) is 5.22. The second kappa shape index (κ2) is 5.96. The minimum Gasteiger partial charge on any atom is -0.465 e. The Bertz CT molecular complexity index is 1050. The Morgan fingerprint density at radius 3 is 3.00 bits per heavy atom. The lowest BCUT2D eigenvalue weighted by atomic mass is 10.2. The number of benzene rings is 1. The maximum Gasteiger partial charge on any atom is 0.265 e. The van der Waals surface area contributed by atoms with Gasteiger partial charge in [0.2, 0.25) is 0 Å². The molecule has 7 heteroatoms. The van der Waals surface area contributed by atoms with E-state index in [2.05, 4.69) is 30.7 Å². The van der Waals surface area contributed by atoms with E-state index in [1.807, 2.05) is 55.5 Å². The summed E-state index contributed by atoms with van der Waals surface area (Å²) in [5.74, 6) is 1.10. The summed E-state index contributed by atoms with van der Waals surface area (Å²) in [6.45, 7) is 1.86. The van der Waals surface area contributed by atoms with E-state index in [9.17, 15) is 0 Å². The van der Waals surface area contributed by atoms with Crippen molar-refractivity contribution in [3.05, 3.63) is 54.5 Å². The van der Waals surface area contributed by atoms with Crippen molar-refractivity contribution in [1.82, 2.24) is 20.2 Å². The van der Waals surface area contributed by atoms with Crippen molar-refractivity contribution in [2.24, 2.45) is 5.10 Å². The summed E-state index contributed by atoms with van der Waals surface area (Å²) in [7, 11) is 0. The van der Waals surface area contributed by atoms with Crippen LogP contribution >= 0.6 is 0 Å². The Morgan fingerprint density at radius 1 is 1.21 bits per heavy atom. The molecule has 4 aromatic rings. The number of rotatable bonds is 4. The molecule has 3 aromatic heterocycles. The number of aromatic amines is 1. The zero-order valence-electron chi connectivity index (χ0n) is 12.9. The van der Waals surface area contributed by atoms with Crippen LogP contribution in [0.5, 0.6) is 0 Å². The number of nitrogens with one attached hydrogen (secondary N) is 2. The lowest BCUT2D eigenvalue weighted by molar-refractivity contribution is 0.557. The van der Waals surface area contributed by atoms with Gasteiger partial charge in [0.15, 0.2) is 5.65 Å². The third kappa shape index (κ3) is 2.74. The predicted octanol–water partition coefficient (Wildman–Crippen LogP) is 3.60. The molecule has 0 saturated heterocycles. The van der Waals surface area contributed by atoms with Crippen LogP contribution in [0, 0.1) is 0 Å². The third-order valence-electron chi connectivity index (χ3n) is 3.49. The number of hydrogen-bond acceptors (Lipinski definition) is 6. The zero-order chi connectivity index (χ0) is 16.4. The number of nitrogens with zero attached hydrogens (tertiary/aromatic N) is 4. The number of furan rings is 1. The van der Waals surface area contributed by atoms with Crippen molar-refractivity contribution < 1.29 is 4.42 Å². The van der Waals surface area contributed by atoms with E-state index in [4.69, 9.17) is 4.42 Å². The first-order valence-corrected chi connectivity index (χ1v) is 7.42. The van der Waals surface area contributed by atoms with Gasteiger partial charge in [-0.2, -0.15) is 10.1 Å². The molecule has 0 radical (unpaired) electrons. The Kier molecular flexibility index (Phi) is 3.51. The Hall–Kier alpha value is -3.48. The number of para-hydroxylation sites is 1. The molecule has 0 atom stereocenters. The van der Waals surface area contributed by atoms with Crippen LogP contribution in [0.3, 0.4) is 0 Å². The van der Waals surface area contributed by atoms with Crippen LogP contribution in [0.15, 0.2) is 58.3 Å². The fourth-order valence-corrected chi connectivity index (χ4v) is 2.33. The number of anilines is 1. The summed E-state index contributed by atoms with van der Waals surface area (Å²) < 4.78 is 5.22. The van der Waals surface area contributed by atoms with Gasteiger partial charge in [0.1, 0.15) is 11.3 Å². The predicted molar refractivity (Wildman–Crippen MR) is 93.7 cm³/mol. The standard InChI is InChI=1S/C17H14N6O/c1-11(8-9-12-5-4-10-24-12)20-22-17-19-16-15(21-23-17)13-6-2-3-7-14(13)18-16/h2-10H,1H3,(H2,18,19,22,23). The van der Waals surface area contributed by atoms with E-state index in [-0.39, 0.29) is 0 Å². The van der Waals surface area contributed by atoms with E-state index >= 15 is 0 Å². The maximum atomic E-state index is 5.22. The summed E-state index contributed by atoms with van der Waals surface area (Å²) in [6.07, 6.45) is 5.29. The minimum absolute atomic E-state index is 0.333. The summed E-state index contributed by atoms with van der Waals surface area (Å²) in [5.41, 5.74) is 5.97. The quantitative estimate of drug-likeness (QED) is 0.443. The van der Waals surface area contributed by atoms with Crippen molar-refractivity contribution in [2.45, 2.75) is 6.92 Å². The molecule has 4 rings (SSSR count). The van der Waals surface area contributed by atoms with Crippen molar-refractivity contribution >= 4 is 39.8 Å². The zero-order valence-corrected chi connectivity index (χ0v) is 12.9. The number of fused-ring (bicyclic) bond motifs is 3. The van der Waals surface area contributed by atoms with Gasteiger partial charge < -0.3 is 9.40 Å². The molecular formula is C17H14N6O. The minimum atomic E-state index is 0.333. The number of H-pyrrole nitrogens is 1. The van der Waals surface area contributed by atoms with Gasteiger partial charge in [0.05, 0.1) is 12.0 Å². The highest BCUT2D eigenvalue weighted by Crippen LogP contribution is 2.21. The average Bonchev–Trinajstić information content (AvgIpc) is 3.25. The van der Waals surface area contributed by atoms with Gasteiger partial charge in [-0.3, -0.25) is 0 Å². The highest BCUT2D eigenvalue weighted by molar-refractivity contribution is 6.03. The van der Waals surface area contributed by atoms with Crippen LogP contribution in [-0.2, 0) is 0 Å². The molecule has 0 unspecified atom stereocenters. The normalized spacial score (nSPS) is 12.5. The highest BCUT2D eigenvalue weighted by atomic mass is 16.3. The summed E-state index contributed by atoms with van der Waals surface area (Å²) >= 11 is 0. The summed E-state index contributed by atoms with van der Waals surface area (Å²) in [6, 6.07) is 11.6. The van der Waals surface area contributed by atoms with E-state index in [1.54, 1.807) is 6.26 Å². The van der Waals surface area contributed by atoms with Gasteiger partial charge in [-0.15, -0.1) is 10.2 Å². The van der Waals surface area contributed by atoms with Crippen molar-refractivity contribution in [1.29, 1.82) is 0 Å². The van der Waals surface area contributed by atoms with E-state index in [0.717, 1.165) is 27.9 Å². The molecule has 0 aliphatic carbocycles. The fourth-order valence-electron chi connectivity index (χ4n) is 2.33. The molecule has 0 aliphatic rings. The molecule has 7 nitrogen and oxygen atoms in total. The van der Waals surface area contributed by atoms with Gasteiger partial charge in [0, 0.05) is 10.9 Å². The first kappa shape index (κ1) is 14.1. The maximum absolute atomic E-state index is 5.22. The van der Waals surface area contributed by atoms with E-state index < -0.39 is 0 Å². The van der Waals surface area contributed by atoms with Gasteiger partial charge in [-0.25, -0.2) is 5.43 Å². The van der Waals surface area contributed by atoms with Crippen LogP contribution in [0.4, 0.5) is 5.95 Å². The molecule has 1 aromatic carbocycles. The smallest absolute Gasteiger partial charge is 0.265 e. The highest BCUT2D eigenvalue weighted by Gasteiger charge is 2.07. The Balaban J connectivity index is 1.56. The van der Waals surface area contributed by atoms with Crippen LogP contribution in [0.1, 0.15) is 12.7 Å². The molecule has 118 valence electrons. The van der Waals surface area contributed by atoms with Gasteiger partial charge in [-0.05, 0) is 37.3 Å². The van der Waals surface area contributed by atoms with Gasteiger partial charge >= 0.3 is 0 Å². The average molecular weight is 318 g/mol. The molecule has 0 amide bonds. The van der Waals surface area contributed by atoms with Crippen molar-refractivity contribution in [2.75, 3.05) is 5.43 Å². The van der Waals surface area contributed by atoms with Crippen LogP contribution in [0.25, 0.3) is 28.1 Å². The molecule has 0 aliphatic heterocycles. The first-order valence-electron chi connectivity index (χ1n) is 7.42. The molecule has 24 heavy (non-hydrogen) atoms. The summed E-state index contributed by atoms with van der Waals surface area (Å²) in [4.78, 5) is 7.63. The molecule has 0 fully saturated rings. The van der Waals surface area contributed by atoms with Crippen LogP contribution in [0.2, 0.25) is 0 Å². The van der Waals surface area contributed by atoms with Gasteiger partial charge in [0.25, 0.3) is 5.95 Å².